The van der Waals surface area contributed by atoms with Crippen LogP contribution in [-0.2, 0) is 16.4 Å². The summed E-state index contributed by atoms with van der Waals surface area (Å²) in [5.41, 5.74) is 0. The van der Waals surface area contributed by atoms with Crippen LogP contribution >= 0.6 is 22.9 Å². The lowest BCUT2D eigenvalue weighted by Gasteiger charge is -2.30. The second-order valence-electron chi connectivity index (χ2n) is 5.52. The van der Waals surface area contributed by atoms with Gasteiger partial charge in [0.05, 0.1) is 4.90 Å². The molecule has 5 nitrogen and oxygen atoms in total. The molecule has 0 amide bonds. The molecule has 1 aliphatic heterocycles. The number of aryl methyl sites for hydroxylation is 1. The number of nitrogens with zero attached hydrogens (tertiary/aromatic N) is 3. The molecule has 8 heteroatoms. The average Bonchev–Trinajstić information content (AvgIpc) is 3.04. The van der Waals surface area contributed by atoms with Crippen LogP contribution < -0.4 is 0 Å². The molecule has 1 aromatic carbocycles. The molecule has 0 bridgehead atoms. The summed E-state index contributed by atoms with van der Waals surface area (Å²) in [6, 6.07) is 6.33. The first-order valence-corrected chi connectivity index (χ1v) is 10.2. The van der Waals surface area contributed by atoms with Gasteiger partial charge in [0, 0.05) is 24.0 Å². The Morgan fingerprint density at radius 1 is 1.22 bits per heavy atom. The Kier molecular flexibility index (Phi) is 5.01. The van der Waals surface area contributed by atoms with E-state index in [9.17, 15) is 8.42 Å². The minimum atomic E-state index is -3.44. The maximum Gasteiger partial charge on any atom is 0.243 e. The molecular formula is C15H18ClN3O2S2. The standard InChI is InChI=1S/C15H18ClN3O2S2/c1-2-14-17-18-15(22-14)11-7-9-19(10-8-11)23(20,21)13-5-3-12(16)4-6-13/h3-6,11H,2,7-10H2,1H3. The molecule has 3 rings (SSSR count). The number of halogens is 1. The Labute approximate surface area is 145 Å². The summed E-state index contributed by atoms with van der Waals surface area (Å²) >= 11 is 7.47. The maximum absolute atomic E-state index is 12.6. The zero-order valence-electron chi connectivity index (χ0n) is 12.8. The summed E-state index contributed by atoms with van der Waals surface area (Å²) in [5.74, 6) is 0.310. The number of hydrogen-bond acceptors (Lipinski definition) is 5. The molecule has 0 radical (unpaired) electrons. The van der Waals surface area contributed by atoms with Crippen molar-refractivity contribution in [2.45, 2.75) is 37.0 Å². The van der Waals surface area contributed by atoms with E-state index in [1.54, 1.807) is 39.9 Å². The number of hydrogen-bond donors (Lipinski definition) is 0. The van der Waals surface area contributed by atoms with Gasteiger partial charge in [-0.2, -0.15) is 4.31 Å². The van der Waals surface area contributed by atoms with Crippen molar-refractivity contribution in [1.82, 2.24) is 14.5 Å². The van der Waals surface area contributed by atoms with E-state index in [-0.39, 0.29) is 0 Å². The molecule has 0 spiro atoms. The molecule has 124 valence electrons. The van der Waals surface area contributed by atoms with Gasteiger partial charge in [-0.15, -0.1) is 21.5 Å². The van der Waals surface area contributed by atoms with Crippen LogP contribution in [0.4, 0.5) is 0 Å². The van der Waals surface area contributed by atoms with Gasteiger partial charge in [0.25, 0.3) is 0 Å². The Balaban J connectivity index is 1.69. The van der Waals surface area contributed by atoms with Gasteiger partial charge in [-0.1, -0.05) is 18.5 Å². The number of sulfonamides is 1. The highest BCUT2D eigenvalue weighted by Crippen LogP contribution is 2.32. The smallest absolute Gasteiger partial charge is 0.207 e. The van der Waals surface area contributed by atoms with Crippen molar-refractivity contribution in [2.75, 3.05) is 13.1 Å². The fraction of sp³-hybridized carbons (Fsp3) is 0.467. The number of benzene rings is 1. The van der Waals surface area contributed by atoms with Crippen LogP contribution in [0, 0.1) is 0 Å². The lowest BCUT2D eigenvalue weighted by atomic mass is 9.99. The third kappa shape index (κ3) is 3.57. The normalized spacial score (nSPS) is 17.5. The van der Waals surface area contributed by atoms with Crippen LogP contribution in [0.15, 0.2) is 29.2 Å². The largest absolute Gasteiger partial charge is 0.243 e. The molecule has 1 aliphatic rings. The minimum absolute atomic E-state index is 0.296. The second-order valence-corrected chi connectivity index (χ2v) is 8.99. The van der Waals surface area contributed by atoms with Crippen LogP contribution in [0.2, 0.25) is 5.02 Å². The lowest BCUT2D eigenvalue weighted by Crippen LogP contribution is -2.37. The SMILES string of the molecule is CCc1nnc(C2CCN(S(=O)(=O)c3ccc(Cl)cc3)CC2)s1. The number of aromatic nitrogens is 2. The van der Waals surface area contributed by atoms with Crippen LogP contribution in [0.1, 0.15) is 35.7 Å². The Morgan fingerprint density at radius 3 is 2.43 bits per heavy atom. The fourth-order valence-corrected chi connectivity index (χ4v) is 5.22. The minimum Gasteiger partial charge on any atom is -0.207 e. The summed E-state index contributed by atoms with van der Waals surface area (Å²) in [6.07, 6.45) is 2.46. The first-order chi connectivity index (χ1) is 11.0. The highest BCUT2D eigenvalue weighted by atomic mass is 35.5. The topological polar surface area (TPSA) is 63.2 Å². The molecule has 0 saturated carbocycles. The molecule has 2 heterocycles. The molecule has 23 heavy (non-hydrogen) atoms. The van der Waals surface area contributed by atoms with Gasteiger partial charge in [-0.25, -0.2) is 8.42 Å². The van der Waals surface area contributed by atoms with E-state index in [0.717, 1.165) is 29.3 Å². The van der Waals surface area contributed by atoms with Gasteiger partial charge < -0.3 is 0 Å². The van der Waals surface area contributed by atoms with E-state index in [1.807, 2.05) is 0 Å². The highest BCUT2D eigenvalue weighted by molar-refractivity contribution is 7.89. The summed E-state index contributed by atoms with van der Waals surface area (Å²) in [6.45, 7) is 3.08. The maximum atomic E-state index is 12.6. The zero-order valence-corrected chi connectivity index (χ0v) is 15.2. The van der Waals surface area contributed by atoms with Crippen LogP contribution in [0.25, 0.3) is 0 Å². The van der Waals surface area contributed by atoms with Gasteiger partial charge in [-0.3, -0.25) is 0 Å². The quantitative estimate of drug-likeness (QED) is 0.827. The first-order valence-electron chi connectivity index (χ1n) is 7.58. The molecule has 1 saturated heterocycles. The van der Waals surface area contributed by atoms with Crippen LogP contribution in [0.3, 0.4) is 0 Å². The summed E-state index contributed by atoms with van der Waals surface area (Å²) < 4.78 is 26.8. The predicted molar refractivity (Wildman–Crippen MR) is 91.5 cm³/mol. The molecule has 0 N–H and O–H groups in total. The van der Waals surface area contributed by atoms with Gasteiger partial charge >= 0.3 is 0 Å². The Morgan fingerprint density at radius 2 is 1.87 bits per heavy atom. The van der Waals surface area contributed by atoms with Gasteiger partial charge in [0.1, 0.15) is 10.0 Å². The third-order valence-corrected chi connectivity index (χ3v) is 7.43. The number of piperidine rings is 1. The molecular weight excluding hydrogens is 354 g/mol. The van der Waals surface area contributed by atoms with E-state index in [0.29, 0.717) is 28.9 Å². The predicted octanol–water partition coefficient (Wildman–Crippen LogP) is 3.32. The summed E-state index contributed by atoms with van der Waals surface area (Å²) in [5, 5.41) is 11.0. The van der Waals surface area contributed by atoms with Crippen molar-refractivity contribution >= 4 is 33.0 Å². The van der Waals surface area contributed by atoms with Crippen molar-refractivity contribution in [3.05, 3.63) is 39.3 Å². The van der Waals surface area contributed by atoms with Gasteiger partial charge in [-0.05, 0) is 43.5 Å². The van der Waals surface area contributed by atoms with Gasteiger partial charge in [0.2, 0.25) is 10.0 Å². The zero-order chi connectivity index (χ0) is 16.4. The van der Waals surface area contributed by atoms with Crippen LogP contribution in [-0.4, -0.2) is 36.0 Å². The monoisotopic (exact) mass is 371 g/mol. The highest BCUT2D eigenvalue weighted by Gasteiger charge is 2.31. The number of rotatable bonds is 4. The van der Waals surface area contributed by atoms with E-state index >= 15 is 0 Å². The molecule has 2 aromatic rings. The van der Waals surface area contributed by atoms with Crippen molar-refractivity contribution in [3.8, 4) is 0 Å². The van der Waals surface area contributed by atoms with Crippen molar-refractivity contribution in [1.29, 1.82) is 0 Å². The van der Waals surface area contributed by atoms with Crippen molar-refractivity contribution < 1.29 is 8.42 Å². The molecule has 1 fully saturated rings. The van der Waals surface area contributed by atoms with Crippen molar-refractivity contribution in [2.24, 2.45) is 0 Å². The molecule has 0 aliphatic carbocycles. The first kappa shape index (κ1) is 16.8. The van der Waals surface area contributed by atoms with Gasteiger partial charge in [0.15, 0.2) is 0 Å². The van der Waals surface area contributed by atoms with E-state index in [1.165, 1.54) is 0 Å². The lowest BCUT2D eigenvalue weighted by molar-refractivity contribution is 0.318. The molecule has 1 aromatic heterocycles. The van der Waals surface area contributed by atoms with Crippen molar-refractivity contribution in [3.63, 3.8) is 0 Å². The Bertz CT molecular complexity index is 766. The fourth-order valence-electron chi connectivity index (χ4n) is 2.67. The molecule has 0 unspecified atom stereocenters. The average molecular weight is 372 g/mol. The Hall–Kier alpha value is -1.02. The van der Waals surface area contributed by atoms with E-state index < -0.39 is 10.0 Å². The van der Waals surface area contributed by atoms with Crippen LogP contribution in [0.5, 0.6) is 0 Å². The molecule has 0 atom stereocenters. The van der Waals surface area contributed by atoms with E-state index in [2.05, 4.69) is 17.1 Å². The third-order valence-electron chi connectivity index (χ3n) is 4.04. The van der Waals surface area contributed by atoms with E-state index in [4.69, 9.17) is 11.6 Å². The summed E-state index contributed by atoms with van der Waals surface area (Å²) in [4.78, 5) is 0.296. The summed E-state index contributed by atoms with van der Waals surface area (Å²) in [7, 11) is -3.44. The second kappa shape index (κ2) is 6.84.